The quantitative estimate of drug-likeness (QED) is 0.757. The maximum Gasteiger partial charge on any atom is 0.306 e. The largest absolute Gasteiger partial charge is 0.469 e. The number of piperazine rings is 1. The summed E-state index contributed by atoms with van der Waals surface area (Å²) in [7, 11) is 3.23. The molecule has 0 bridgehead atoms. The lowest BCUT2D eigenvalue weighted by Crippen LogP contribution is -2.54. The van der Waals surface area contributed by atoms with Gasteiger partial charge in [0.2, 0.25) is 0 Å². The second-order valence-corrected chi connectivity index (χ2v) is 6.78. The molecule has 1 aliphatic rings. The van der Waals surface area contributed by atoms with Crippen LogP contribution in [-0.4, -0.2) is 75.8 Å². The van der Waals surface area contributed by atoms with Gasteiger partial charge in [0, 0.05) is 45.0 Å². The Morgan fingerprint density at radius 1 is 1.35 bits per heavy atom. The summed E-state index contributed by atoms with van der Waals surface area (Å²) in [5.41, 5.74) is 2.17. The van der Waals surface area contributed by atoms with Crippen LogP contribution in [0.5, 0.6) is 0 Å². The third-order valence-electron chi connectivity index (χ3n) is 4.95. The zero-order valence-electron chi connectivity index (χ0n) is 15.7. The van der Waals surface area contributed by atoms with Crippen LogP contribution in [0.3, 0.4) is 0 Å². The van der Waals surface area contributed by atoms with Crippen LogP contribution in [0.2, 0.25) is 0 Å². The number of fused-ring (bicyclic) bond motifs is 1. The SMILES string of the molecule is COC(=O)CCN1CCN(C(=O)c2cc(C)nc3c2cnn3C)C[C@@H]1C. The molecule has 0 radical (unpaired) electrons. The molecule has 0 spiro atoms. The van der Waals surface area contributed by atoms with Crippen molar-refractivity contribution in [1.82, 2.24) is 24.6 Å². The van der Waals surface area contributed by atoms with E-state index >= 15 is 0 Å². The van der Waals surface area contributed by atoms with Crippen LogP contribution in [0.25, 0.3) is 11.0 Å². The number of hydrogen-bond donors (Lipinski definition) is 0. The fourth-order valence-electron chi connectivity index (χ4n) is 3.44. The van der Waals surface area contributed by atoms with Gasteiger partial charge in [0.1, 0.15) is 0 Å². The minimum atomic E-state index is -0.207. The second-order valence-electron chi connectivity index (χ2n) is 6.78. The third kappa shape index (κ3) is 3.55. The van der Waals surface area contributed by atoms with E-state index in [1.165, 1.54) is 7.11 Å². The van der Waals surface area contributed by atoms with E-state index in [9.17, 15) is 9.59 Å². The molecule has 0 aromatic carbocycles. The molecule has 8 heteroatoms. The summed E-state index contributed by atoms with van der Waals surface area (Å²) in [5.74, 6) is -0.199. The fraction of sp³-hybridized carbons (Fsp3) is 0.556. The second kappa shape index (κ2) is 7.41. The minimum Gasteiger partial charge on any atom is -0.469 e. The van der Waals surface area contributed by atoms with Gasteiger partial charge in [0.15, 0.2) is 5.65 Å². The number of carbonyl (C=O) groups is 2. The molecule has 0 saturated carbocycles. The number of aryl methyl sites for hydroxylation is 2. The molecule has 2 aromatic heterocycles. The first kappa shape index (κ1) is 18.3. The third-order valence-corrected chi connectivity index (χ3v) is 4.95. The Labute approximate surface area is 152 Å². The average Bonchev–Trinajstić information content (AvgIpc) is 3.00. The first-order valence-electron chi connectivity index (χ1n) is 8.80. The Morgan fingerprint density at radius 3 is 2.81 bits per heavy atom. The van der Waals surface area contributed by atoms with Crippen molar-refractivity contribution in [1.29, 1.82) is 0 Å². The van der Waals surface area contributed by atoms with Crippen LogP contribution in [0.1, 0.15) is 29.4 Å². The molecule has 8 nitrogen and oxygen atoms in total. The standard InChI is InChI=1S/C18H25N5O3/c1-12-9-14(15-10-19-21(3)17(15)20-12)18(25)23-8-7-22(13(2)11-23)6-5-16(24)26-4/h9-10,13H,5-8,11H2,1-4H3/t13-/m0/s1. The molecule has 0 N–H and O–H groups in total. The number of ether oxygens (including phenoxy) is 1. The van der Waals surface area contributed by atoms with Gasteiger partial charge in [-0.15, -0.1) is 0 Å². The molecular formula is C18H25N5O3. The van der Waals surface area contributed by atoms with Crippen molar-refractivity contribution < 1.29 is 14.3 Å². The Hall–Kier alpha value is -2.48. The monoisotopic (exact) mass is 359 g/mol. The molecule has 2 aromatic rings. The van der Waals surface area contributed by atoms with Gasteiger partial charge in [0.25, 0.3) is 5.91 Å². The smallest absolute Gasteiger partial charge is 0.306 e. The molecule has 26 heavy (non-hydrogen) atoms. The van der Waals surface area contributed by atoms with E-state index < -0.39 is 0 Å². The number of carbonyl (C=O) groups excluding carboxylic acids is 2. The zero-order chi connectivity index (χ0) is 18.8. The van der Waals surface area contributed by atoms with Crippen molar-refractivity contribution in [2.45, 2.75) is 26.3 Å². The van der Waals surface area contributed by atoms with E-state index in [1.807, 2.05) is 24.9 Å². The molecular weight excluding hydrogens is 334 g/mol. The van der Waals surface area contributed by atoms with Gasteiger partial charge in [-0.05, 0) is 19.9 Å². The van der Waals surface area contributed by atoms with Crippen LogP contribution in [0.4, 0.5) is 0 Å². The highest BCUT2D eigenvalue weighted by atomic mass is 16.5. The number of esters is 1. The van der Waals surface area contributed by atoms with Gasteiger partial charge in [-0.2, -0.15) is 5.10 Å². The molecule has 1 saturated heterocycles. The maximum atomic E-state index is 13.1. The molecule has 140 valence electrons. The van der Waals surface area contributed by atoms with Gasteiger partial charge in [-0.3, -0.25) is 19.2 Å². The van der Waals surface area contributed by atoms with Gasteiger partial charge in [-0.1, -0.05) is 0 Å². The topological polar surface area (TPSA) is 80.6 Å². The first-order valence-corrected chi connectivity index (χ1v) is 8.80. The number of hydrogen-bond acceptors (Lipinski definition) is 6. The number of amides is 1. The fourth-order valence-corrected chi connectivity index (χ4v) is 3.44. The highest BCUT2D eigenvalue weighted by Gasteiger charge is 2.29. The number of rotatable bonds is 4. The van der Waals surface area contributed by atoms with Crippen LogP contribution in [-0.2, 0) is 16.6 Å². The van der Waals surface area contributed by atoms with Crippen LogP contribution >= 0.6 is 0 Å². The number of pyridine rings is 1. The summed E-state index contributed by atoms with van der Waals surface area (Å²) in [6.45, 7) is 6.61. The van der Waals surface area contributed by atoms with Crippen molar-refractivity contribution in [3.63, 3.8) is 0 Å². The van der Waals surface area contributed by atoms with E-state index in [0.29, 0.717) is 31.6 Å². The van der Waals surface area contributed by atoms with Gasteiger partial charge >= 0.3 is 5.97 Å². The van der Waals surface area contributed by atoms with Crippen LogP contribution in [0, 0.1) is 6.92 Å². The van der Waals surface area contributed by atoms with Crippen molar-refractivity contribution in [3.05, 3.63) is 23.5 Å². The molecule has 3 rings (SSSR count). The van der Waals surface area contributed by atoms with Crippen LogP contribution < -0.4 is 0 Å². The Bertz CT molecular complexity index is 832. The normalized spacial score (nSPS) is 18.3. The number of nitrogens with zero attached hydrogens (tertiary/aromatic N) is 5. The van der Waals surface area contributed by atoms with Gasteiger partial charge in [0.05, 0.1) is 30.7 Å². The molecule has 1 fully saturated rings. The van der Waals surface area contributed by atoms with E-state index in [2.05, 4.69) is 21.9 Å². The van der Waals surface area contributed by atoms with Crippen molar-refractivity contribution in [2.75, 3.05) is 33.3 Å². The van der Waals surface area contributed by atoms with Crippen molar-refractivity contribution in [3.8, 4) is 0 Å². The Balaban J connectivity index is 1.73. The van der Waals surface area contributed by atoms with Crippen molar-refractivity contribution in [2.24, 2.45) is 7.05 Å². The molecule has 1 amide bonds. The Morgan fingerprint density at radius 2 is 2.12 bits per heavy atom. The van der Waals surface area contributed by atoms with E-state index in [1.54, 1.807) is 10.9 Å². The molecule has 0 unspecified atom stereocenters. The van der Waals surface area contributed by atoms with Gasteiger partial charge < -0.3 is 9.64 Å². The zero-order valence-corrected chi connectivity index (χ0v) is 15.7. The van der Waals surface area contributed by atoms with E-state index in [0.717, 1.165) is 23.3 Å². The predicted octanol–water partition coefficient (Wildman–Crippen LogP) is 0.986. The summed E-state index contributed by atoms with van der Waals surface area (Å²) in [6.07, 6.45) is 2.07. The average molecular weight is 359 g/mol. The summed E-state index contributed by atoms with van der Waals surface area (Å²) < 4.78 is 6.39. The summed E-state index contributed by atoms with van der Waals surface area (Å²) in [5, 5.41) is 5.01. The lowest BCUT2D eigenvalue weighted by Gasteiger charge is -2.39. The predicted molar refractivity (Wildman–Crippen MR) is 96.8 cm³/mol. The lowest BCUT2D eigenvalue weighted by atomic mass is 10.1. The van der Waals surface area contributed by atoms with E-state index in [4.69, 9.17) is 4.74 Å². The molecule has 3 heterocycles. The maximum absolute atomic E-state index is 13.1. The first-order chi connectivity index (χ1) is 12.4. The number of aromatic nitrogens is 3. The van der Waals surface area contributed by atoms with Gasteiger partial charge in [-0.25, -0.2) is 4.98 Å². The lowest BCUT2D eigenvalue weighted by molar-refractivity contribution is -0.141. The molecule has 1 atom stereocenters. The highest BCUT2D eigenvalue weighted by Crippen LogP contribution is 2.21. The van der Waals surface area contributed by atoms with Crippen LogP contribution in [0.15, 0.2) is 12.3 Å². The Kier molecular flexibility index (Phi) is 5.22. The molecule has 1 aliphatic heterocycles. The minimum absolute atomic E-state index is 0.00738. The van der Waals surface area contributed by atoms with Crippen molar-refractivity contribution >= 4 is 22.9 Å². The summed E-state index contributed by atoms with van der Waals surface area (Å²) in [6, 6.07) is 2.02. The highest BCUT2D eigenvalue weighted by molar-refractivity contribution is 6.05. The number of methoxy groups -OCH3 is 1. The summed E-state index contributed by atoms with van der Waals surface area (Å²) in [4.78, 5) is 33.0. The van der Waals surface area contributed by atoms with E-state index in [-0.39, 0.29) is 17.9 Å². The summed E-state index contributed by atoms with van der Waals surface area (Å²) >= 11 is 0. The molecule has 0 aliphatic carbocycles.